The molecule has 2 aromatic rings. The van der Waals surface area contributed by atoms with Crippen molar-refractivity contribution in [2.75, 3.05) is 13.2 Å². The Bertz CT molecular complexity index is 702. The summed E-state index contributed by atoms with van der Waals surface area (Å²) in [7, 11) is 0. The van der Waals surface area contributed by atoms with Crippen molar-refractivity contribution in [2.24, 2.45) is 0 Å². The minimum Gasteiger partial charge on any atom is -0.488 e. The van der Waals surface area contributed by atoms with Gasteiger partial charge in [0.25, 0.3) is 0 Å². The van der Waals surface area contributed by atoms with Crippen LogP contribution in [0.15, 0.2) is 42.5 Å². The summed E-state index contributed by atoms with van der Waals surface area (Å²) in [6.07, 6.45) is -0.910. The molecule has 23 heavy (non-hydrogen) atoms. The van der Waals surface area contributed by atoms with Crippen LogP contribution >= 0.6 is 11.6 Å². The Labute approximate surface area is 138 Å². The largest absolute Gasteiger partial charge is 0.488 e. The summed E-state index contributed by atoms with van der Waals surface area (Å²) in [4.78, 5) is 0. The van der Waals surface area contributed by atoms with Crippen molar-refractivity contribution in [1.29, 1.82) is 5.26 Å². The number of aliphatic hydroxyl groups is 1. The number of ether oxygens (including phenoxy) is 2. The molecule has 0 aliphatic carbocycles. The zero-order valence-electron chi connectivity index (χ0n) is 12.2. The molecule has 1 N–H and O–H groups in total. The molecule has 6 heteroatoms. The molecule has 0 aliphatic heterocycles. The molecule has 0 amide bonds. The first-order valence-corrected chi connectivity index (χ1v) is 7.29. The van der Waals surface area contributed by atoms with Gasteiger partial charge < -0.3 is 14.6 Å². The fraction of sp³-hybridized carbons (Fsp3) is 0.235. The van der Waals surface area contributed by atoms with Crippen molar-refractivity contribution >= 4 is 11.6 Å². The van der Waals surface area contributed by atoms with Gasteiger partial charge in [-0.25, -0.2) is 4.39 Å². The molecule has 0 spiro atoms. The van der Waals surface area contributed by atoms with E-state index in [-0.39, 0.29) is 31.1 Å². The van der Waals surface area contributed by atoms with Gasteiger partial charge in [-0.3, -0.25) is 0 Å². The van der Waals surface area contributed by atoms with Crippen LogP contribution in [-0.2, 0) is 11.3 Å². The lowest BCUT2D eigenvalue weighted by Crippen LogP contribution is -2.23. The Morgan fingerprint density at radius 3 is 2.70 bits per heavy atom. The topological polar surface area (TPSA) is 62.5 Å². The van der Waals surface area contributed by atoms with Crippen LogP contribution in [0.5, 0.6) is 5.75 Å². The summed E-state index contributed by atoms with van der Waals surface area (Å²) in [5, 5.41) is 19.0. The summed E-state index contributed by atoms with van der Waals surface area (Å²) in [6, 6.07) is 13.0. The molecule has 0 aliphatic rings. The first-order chi connectivity index (χ1) is 11.1. The summed E-state index contributed by atoms with van der Waals surface area (Å²) in [5.74, 6) is -0.664. The molecular weight excluding hydrogens is 321 g/mol. The second-order valence-corrected chi connectivity index (χ2v) is 5.24. The molecule has 0 saturated heterocycles. The van der Waals surface area contributed by atoms with E-state index in [0.29, 0.717) is 5.02 Å². The third-order valence-electron chi connectivity index (χ3n) is 3.02. The van der Waals surface area contributed by atoms with E-state index in [2.05, 4.69) is 0 Å². The lowest BCUT2D eigenvalue weighted by molar-refractivity contribution is 0.00487. The zero-order chi connectivity index (χ0) is 16.7. The van der Waals surface area contributed by atoms with Crippen LogP contribution in [0.3, 0.4) is 0 Å². The molecule has 0 heterocycles. The summed E-state index contributed by atoms with van der Waals surface area (Å²) in [6.45, 7) is 0.177. The number of hydrogen-bond acceptors (Lipinski definition) is 4. The highest BCUT2D eigenvalue weighted by atomic mass is 35.5. The van der Waals surface area contributed by atoms with Crippen molar-refractivity contribution in [3.05, 3.63) is 64.4 Å². The van der Waals surface area contributed by atoms with Gasteiger partial charge in [0.2, 0.25) is 0 Å². The van der Waals surface area contributed by atoms with Gasteiger partial charge in [0, 0.05) is 5.02 Å². The molecule has 0 bridgehead atoms. The number of nitrogens with zero attached hydrogens (tertiary/aromatic N) is 1. The summed E-state index contributed by atoms with van der Waals surface area (Å²) < 4.78 is 24.2. The van der Waals surface area contributed by atoms with Gasteiger partial charge >= 0.3 is 0 Å². The minimum atomic E-state index is -0.910. The molecule has 0 aromatic heterocycles. The molecule has 0 fully saturated rings. The van der Waals surface area contributed by atoms with Gasteiger partial charge in [0.15, 0.2) is 11.6 Å². The Morgan fingerprint density at radius 2 is 2.00 bits per heavy atom. The number of rotatable bonds is 7. The molecule has 0 radical (unpaired) electrons. The summed E-state index contributed by atoms with van der Waals surface area (Å²) >= 11 is 5.99. The second kappa shape index (κ2) is 8.49. The first-order valence-electron chi connectivity index (χ1n) is 6.92. The molecule has 1 unspecified atom stereocenters. The molecule has 0 saturated carbocycles. The Balaban J connectivity index is 1.76. The van der Waals surface area contributed by atoms with Crippen LogP contribution in [0, 0.1) is 17.1 Å². The van der Waals surface area contributed by atoms with Crippen LogP contribution in [0.1, 0.15) is 11.1 Å². The van der Waals surface area contributed by atoms with Crippen LogP contribution in [0.2, 0.25) is 5.02 Å². The highest BCUT2D eigenvalue weighted by molar-refractivity contribution is 6.31. The van der Waals surface area contributed by atoms with E-state index >= 15 is 0 Å². The van der Waals surface area contributed by atoms with Gasteiger partial charge in [-0.05, 0) is 29.8 Å². The number of nitriles is 1. The minimum absolute atomic E-state index is 0.0193. The SMILES string of the molecule is N#Cc1ccc(OCC(O)COCc2ccccc2Cl)c(F)c1. The number of halogens is 2. The van der Waals surface area contributed by atoms with Crippen LogP contribution in [0.4, 0.5) is 4.39 Å². The van der Waals surface area contributed by atoms with Crippen molar-refractivity contribution in [1.82, 2.24) is 0 Å². The van der Waals surface area contributed by atoms with Gasteiger partial charge in [0.1, 0.15) is 12.7 Å². The van der Waals surface area contributed by atoms with Gasteiger partial charge in [-0.15, -0.1) is 0 Å². The maximum Gasteiger partial charge on any atom is 0.166 e. The van der Waals surface area contributed by atoms with E-state index in [1.165, 1.54) is 12.1 Å². The smallest absolute Gasteiger partial charge is 0.166 e. The van der Waals surface area contributed by atoms with Crippen LogP contribution in [-0.4, -0.2) is 24.4 Å². The Morgan fingerprint density at radius 1 is 1.22 bits per heavy atom. The Kier molecular flexibility index (Phi) is 6.36. The highest BCUT2D eigenvalue weighted by Gasteiger charge is 2.10. The monoisotopic (exact) mass is 335 g/mol. The van der Waals surface area contributed by atoms with Crippen molar-refractivity contribution in [3.8, 4) is 11.8 Å². The van der Waals surface area contributed by atoms with E-state index < -0.39 is 11.9 Å². The Hall–Kier alpha value is -2.13. The lowest BCUT2D eigenvalue weighted by atomic mass is 10.2. The fourth-order valence-corrected chi connectivity index (χ4v) is 2.03. The quantitative estimate of drug-likeness (QED) is 0.843. The van der Waals surface area contributed by atoms with Crippen LogP contribution < -0.4 is 4.74 Å². The van der Waals surface area contributed by atoms with Crippen LogP contribution in [0.25, 0.3) is 0 Å². The highest BCUT2D eigenvalue weighted by Crippen LogP contribution is 2.18. The maximum absolute atomic E-state index is 13.6. The molecule has 120 valence electrons. The molecular formula is C17H15ClFNO3. The fourth-order valence-electron chi connectivity index (χ4n) is 1.84. The van der Waals surface area contributed by atoms with Crippen molar-refractivity contribution in [3.63, 3.8) is 0 Å². The number of hydrogen-bond donors (Lipinski definition) is 1. The number of aliphatic hydroxyl groups excluding tert-OH is 1. The second-order valence-electron chi connectivity index (χ2n) is 4.83. The third-order valence-corrected chi connectivity index (χ3v) is 3.39. The molecule has 2 rings (SSSR count). The molecule has 2 aromatic carbocycles. The van der Waals surface area contributed by atoms with E-state index in [0.717, 1.165) is 11.6 Å². The standard InChI is InChI=1S/C17H15ClFNO3/c18-15-4-2-1-3-13(15)9-22-10-14(21)11-23-17-6-5-12(8-20)7-16(17)19/h1-7,14,21H,9-11H2. The van der Waals surface area contributed by atoms with Crippen molar-refractivity contribution < 1.29 is 19.0 Å². The average Bonchev–Trinajstić information content (AvgIpc) is 2.55. The predicted molar refractivity (Wildman–Crippen MR) is 83.7 cm³/mol. The lowest BCUT2D eigenvalue weighted by Gasteiger charge is -2.13. The van der Waals surface area contributed by atoms with E-state index in [1.807, 2.05) is 24.3 Å². The molecule has 4 nitrogen and oxygen atoms in total. The van der Waals surface area contributed by atoms with E-state index in [9.17, 15) is 9.50 Å². The first kappa shape index (κ1) is 17.2. The third kappa shape index (κ3) is 5.22. The summed E-state index contributed by atoms with van der Waals surface area (Å²) in [5.41, 5.74) is 1.03. The molecule has 1 atom stereocenters. The van der Waals surface area contributed by atoms with Gasteiger partial charge in [0.05, 0.1) is 24.8 Å². The van der Waals surface area contributed by atoms with E-state index in [1.54, 1.807) is 6.07 Å². The zero-order valence-corrected chi connectivity index (χ0v) is 13.0. The normalized spacial score (nSPS) is 11.7. The van der Waals surface area contributed by atoms with Gasteiger partial charge in [-0.1, -0.05) is 29.8 Å². The van der Waals surface area contributed by atoms with Crippen molar-refractivity contribution in [2.45, 2.75) is 12.7 Å². The average molecular weight is 336 g/mol. The van der Waals surface area contributed by atoms with Gasteiger partial charge in [-0.2, -0.15) is 5.26 Å². The predicted octanol–water partition coefficient (Wildman–Crippen LogP) is 3.31. The van der Waals surface area contributed by atoms with E-state index in [4.69, 9.17) is 26.3 Å². The maximum atomic E-state index is 13.6. The number of benzene rings is 2.